The quantitative estimate of drug-likeness (QED) is 0.309. The summed E-state index contributed by atoms with van der Waals surface area (Å²) in [7, 11) is 0. The predicted molar refractivity (Wildman–Crippen MR) is 130 cm³/mol. The van der Waals surface area contributed by atoms with Crippen molar-refractivity contribution in [1.82, 2.24) is 4.57 Å². The highest BCUT2D eigenvalue weighted by Gasteiger charge is 2.33. The second-order valence-corrected chi connectivity index (χ2v) is 8.45. The lowest BCUT2D eigenvalue weighted by molar-refractivity contribution is -0.384. The third kappa shape index (κ3) is 4.51. The first-order chi connectivity index (χ1) is 16.4. The van der Waals surface area contributed by atoms with Crippen LogP contribution in [0.2, 0.25) is 0 Å². The molecule has 8 nitrogen and oxygen atoms in total. The summed E-state index contributed by atoms with van der Waals surface area (Å²) in [6.45, 7) is 3.70. The van der Waals surface area contributed by atoms with Crippen LogP contribution in [0.5, 0.6) is 0 Å². The highest BCUT2D eigenvalue weighted by Crippen LogP contribution is 2.30. The zero-order valence-corrected chi connectivity index (χ0v) is 19.3. The maximum Gasteiger partial charge on any atom is 0.338 e. The van der Waals surface area contributed by atoms with Crippen LogP contribution in [-0.2, 0) is 9.53 Å². The molecule has 1 unspecified atom stereocenters. The second-order valence-electron chi connectivity index (χ2n) is 7.44. The zero-order valence-electron chi connectivity index (χ0n) is 18.5. The monoisotopic (exact) mass is 475 g/mol. The van der Waals surface area contributed by atoms with Crippen molar-refractivity contribution in [3.05, 3.63) is 113 Å². The number of hydrogen-bond donors (Lipinski definition) is 0. The average molecular weight is 476 g/mol. The number of esters is 1. The molecule has 0 bridgehead atoms. The van der Waals surface area contributed by atoms with Gasteiger partial charge in [0, 0.05) is 12.1 Å². The van der Waals surface area contributed by atoms with Crippen LogP contribution in [0.4, 0.5) is 5.69 Å². The first kappa shape index (κ1) is 23.1. The van der Waals surface area contributed by atoms with E-state index in [9.17, 15) is 19.7 Å². The summed E-state index contributed by atoms with van der Waals surface area (Å²) in [6, 6.07) is 14.8. The number of allylic oxidation sites excluding steroid dienone is 2. The Morgan fingerprint density at radius 2 is 1.91 bits per heavy atom. The lowest BCUT2D eigenvalue weighted by atomic mass is 9.96. The van der Waals surface area contributed by atoms with Crippen LogP contribution in [0.15, 0.2) is 81.7 Å². The standard InChI is InChI=1S/C25H21N3O5S/c1-3-33-24(30)21-16(2)26-25-27(22(21)18-9-5-4-6-10-18)23(29)20(34-25)11-7-8-17-12-14-19(15-13-17)28(31)32/h4-15,22H,3H2,1-2H3/b8-7+,20-11+. The number of carbonyl (C=O) groups is 1. The molecule has 0 radical (unpaired) electrons. The zero-order chi connectivity index (χ0) is 24.2. The van der Waals surface area contributed by atoms with Gasteiger partial charge in [-0.15, -0.1) is 0 Å². The van der Waals surface area contributed by atoms with E-state index in [-0.39, 0.29) is 17.9 Å². The molecule has 0 aliphatic carbocycles. The maximum absolute atomic E-state index is 13.4. The number of aromatic nitrogens is 1. The van der Waals surface area contributed by atoms with E-state index in [1.54, 1.807) is 44.2 Å². The lowest BCUT2D eigenvalue weighted by Gasteiger charge is -2.24. The summed E-state index contributed by atoms with van der Waals surface area (Å²) >= 11 is 1.23. The van der Waals surface area contributed by atoms with Crippen molar-refractivity contribution >= 4 is 35.1 Å². The minimum absolute atomic E-state index is 0.0131. The molecule has 1 aliphatic heterocycles. The molecule has 1 aromatic heterocycles. The van der Waals surface area contributed by atoms with Gasteiger partial charge in [0.2, 0.25) is 0 Å². The fourth-order valence-corrected chi connectivity index (χ4v) is 4.71. The molecular weight excluding hydrogens is 454 g/mol. The molecule has 172 valence electrons. The van der Waals surface area contributed by atoms with Gasteiger partial charge in [0.15, 0.2) is 4.80 Å². The lowest BCUT2D eigenvalue weighted by Crippen LogP contribution is -2.39. The minimum Gasteiger partial charge on any atom is -0.463 e. The molecule has 2 aromatic carbocycles. The molecule has 0 spiro atoms. The van der Waals surface area contributed by atoms with Crippen molar-refractivity contribution in [2.45, 2.75) is 19.9 Å². The van der Waals surface area contributed by atoms with Gasteiger partial charge in [0.1, 0.15) is 0 Å². The van der Waals surface area contributed by atoms with Crippen molar-refractivity contribution in [2.75, 3.05) is 6.61 Å². The molecule has 34 heavy (non-hydrogen) atoms. The summed E-state index contributed by atoms with van der Waals surface area (Å²) in [5, 5.41) is 10.8. The van der Waals surface area contributed by atoms with Crippen LogP contribution in [0.1, 0.15) is 31.0 Å². The van der Waals surface area contributed by atoms with E-state index in [4.69, 9.17) is 4.74 Å². The van der Waals surface area contributed by atoms with Crippen LogP contribution >= 0.6 is 11.3 Å². The number of benzene rings is 2. The molecular formula is C25H21N3O5S. The van der Waals surface area contributed by atoms with E-state index in [0.717, 1.165) is 11.1 Å². The first-order valence-electron chi connectivity index (χ1n) is 10.6. The molecule has 0 N–H and O–H groups in total. The Kier molecular flexibility index (Phi) is 6.65. The first-order valence-corrected chi connectivity index (χ1v) is 11.4. The number of carbonyl (C=O) groups excluding carboxylic acids is 1. The topological polar surface area (TPSA) is 104 Å². The Hall–Kier alpha value is -4.11. The van der Waals surface area contributed by atoms with E-state index < -0.39 is 16.9 Å². The predicted octanol–water partition coefficient (Wildman–Crippen LogP) is 3.37. The van der Waals surface area contributed by atoms with Gasteiger partial charge in [0.25, 0.3) is 11.2 Å². The number of non-ortho nitro benzene ring substituents is 1. The molecule has 0 amide bonds. The van der Waals surface area contributed by atoms with Crippen molar-refractivity contribution in [1.29, 1.82) is 0 Å². The molecule has 1 atom stereocenters. The van der Waals surface area contributed by atoms with Gasteiger partial charge in [0.05, 0.1) is 33.4 Å². The Labute approximate surface area is 198 Å². The Morgan fingerprint density at radius 1 is 1.21 bits per heavy atom. The highest BCUT2D eigenvalue weighted by atomic mass is 32.1. The average Bonchev–Trinajstić information content (AvgIpc) is 3.13. The van der Waals surface area contributed by atoms with Crippen molar-refractivity contribution in [3.8, 4) is 0 Å². The second kappa shape index (κ2) is 9.80. The molecule has 0 saturated carbocycles. The summed E-state index contributed by atoms with van der Waals surface area (Å²) < 4.78 is 7.26. The third-order valence-electron chi connectivity index (χ3n) is 5.27. The number of fused-ring (bicyclic) bond motifs is 1. The summed E-state index contributed by atoms with van der Waals surface area (Å²) in [5.41, 5.74) is 2.15. The molecule has 1 aliphatic rings. The molecule has 2 heterocycles. The summed E-state index contributed by atoms with van der Waals surface area (Å²) in [5.74, 6) is -0.495. The van der Waals surface area contributed by atoms with Gasteiger partial charge in [-0.1, -0.05) is 53.8 Å². The number of nitro benzene ring substituents is 1. The van der Waals surface area contributed by atoms with Crippen LogP contribution in [0.3, 0.4) is 0 Å². The maximum atomic E-state index is 13.4. The van der Waals surface area contributed by atoms with Crippen molar-refractivity contribution in [2.24, 2.45) is 4.99 Å². The number of nitrogens with zero attached hydrogens (tertiary/aromatic N) is 3. The molecule has 9 heteroatoms. The third-order valence-corrected chi connectivity index (χ3v) is 6.27. The smallest absolute Gasteiger partial charge is 0.338 e. The Morgan fingerprint density at radius 3 is 2.56 bits per heavy atom. The normalized spacial score (nSPS) is 15.8. The molecule has 3 aromatic rings. The van der Waals surface area contributed by atoms with Crippen LogP contribution in [0.25, 0.3) is 12.2 Å². The number of rotatable bonds is 6. The number of thiazole rings is 1. The van der Waals surface area contributed by atoms with Gasteiger partial charge in [-0.3, -0.25) is 19.5 Å². The van der Waals surface area contributed by atoms with Crippen molar-refractivity contribution < 1.29 is 14.5 Å². The van der Waals surface area contributed by atoms with Crippen LogP contribution < -0.4 is 14.9 Å². The van der Waals surface area contributed by atoms with Gasteiger partial charge in [-0.25, -0.2) is 9.79 Å². The van der Waals surface area contributed by atoms with Crippen LogP contribution in [0, 0.1) is 10.1 Å². The van der Waals surface area contributed by atoms with E-state index >= 15 is 0 Å². The fraction of sp³-hybridized carbons (Fsp3) is 0.160. The van der Waals surface area contributed by atoms with Gasteiger partial charge >= 0.3 is 5.97 Å². The van der Waals surface area contributed by atoms with Gasteiger partial charge < -0.3 is 4.74 Å². The van der Waals surface area contributed by atoms with Gasteiger partial charge in [-0.2, -0.15) is 0 Å². The largest absolute Gasteiger partial charge is 0.463 e. The molecule has 0 saturated heterocycles. The fourth-order valence-electron chi connectivity index (χ4n) is 3.71. The number of nitro groups is 1. The van der Waals surface area contributed by atoms with Crippen molar-refractivity contribution in [3.63, 3.8) is 0 Å². The molecule has 4 rings (SSSR count). The Balaban J connectivity index is 1.78. The highest BCUT2D eigenvalue weighted by molar-refractivity contribution is 7.07. The summed E-state index contributed by atoms with van der Waals surface area (Å²) in [4.78, 5) is 41.6. The Bertz CT molecular complexity index is 1480. The summed E-state index contributed by atoms with van der Waals surface area (Å²) in [6.07, 6.45) is 5.15. The molecule has 0 fully saturated rings. The van der Waals surface area contributed by atoms with E-state index in [0.29, 0.717) is 20.6 Å². The van der Waals surface area contributed by atoms with Crippen LogP contribution in [-0.4, -0.2) is 22.1 Å². The number of hydrogen-bond acceptors (Lipinski definition) is 7. The number of ether oxygens (including phenoxy) is 1. The SMILES string of the molecule is CCOC(=O)C1=C(C)N=c2s/c(=C/C=C/c3ccc([N+](=O)[O-])cc3)c(=O)n2C1c1ccccc1. The van der Waals surface area contributed by atoms with Gasteiger partial charge in [-0.05, 0) is 43.2 Å². The van der Waals surface area contributed by atoms with E-state index in [2.05, 4.69) is 4.99 Å². The minimum atomic E-state index is -0.641. The van der Waals surface area contributed by atoms with E-state index in [1.165, 1.54) is 28.0 Å². The van der Waals surface area contributed by atoms with E-state index in [1.807, 2.05) is 30.3 Å².